The van der Waals surface area contributed by atoms with Gasteiger partial charge in [0.15, 0.2) is 6.10 Å². The van der Waals surface area contributed by atoms with Crippen LogP contribution in [0.5, 0.6) is 0 Å². The number of carbonyl (C=O) groups is 2. The van der Waals surface area contributed by atoms with Gasteiger partial charge >= 0.3 is 19.8 Å². The van der Waals surface area contributed by atoms with E-state index in [1.165, 1.54) is 70.6 Å². The summed E-state index contributed by atoms with van der Waals surface area (Å²) in [6.45, 7) is 4.00. The highest BCUT2D eigenvalue weighted by Crippen LogP contribution is 2.43. The Balaban J connectivity index is 4.50. The van der Waals surface area contributed by atoms with Crippen molar-refractivity contribution < 1.29 is 47.2 Å². The van der Waals surface area contributed by atoms with Gasteiger partial charge in [-0.2, -0.15) is 0 Å². The molecule has 0 amide bonds. The Morgan fingerprint density at radius 1 is 0.643 bits per heavy atom. The third-order valence-electron chi connectivity index (χ3n) is 8.97. The van der Waals surface area contributed by atoms with E-state index < -0.39 is 32.5 Å². The SMILES string of the molecule is CCCCCCCCCCCCCCCCC(=O)OC[C@H](COP(=O)(O)OCC[N+](C)(C)C)OC(=O)CCC/C=C\C/C=C\C/C=C\C/C=C\C=C\[C@H](O)CC. The number of hydrogen-bond acceptors (Lipinski definition) is 8. The van der Waals surface area contributed by atoms with Gasteiger partial charge in [0.05, 0.1) is 33.9 Å². The predicted molar refractivity (Wildman–Crippen MR) is 230 cm³/mol. The molecular weight excluding hydrogens is 729 g/mol. The first-order valence-electron chi connectivity index (χ1n) is 21.6. The molecule has 0 aromatic rings. The fourth-order valence-electron chi connectivity index (χ4n) is 5.41. The van der Waals surface area contributed by atoms with Crippen LogP contribution in [0.15, 0.2) is 60.8 Å². The number of ether oxygens (including phenoxy) is 2. The monoisotopic (exact) mass is 811 g/mol. The van der Waals surface area contributed by atoms with E-state index in [1.54, 1.807) is 6.08 Å². The number of allylic oxidation sites excluding steroid dienone is 9. The van der Waals surface area contributed by atoms with Gasteiger partial charge in [-0.15, -0.1) is 0 Å². The standard InChI is InChI=1S/C45H80NO9P/c1-6-8-9-10-11-12-13-14-18-21-24-27-30-33-36-44(48)52-40-43(41-54-56(50,51)53-39-38-46(3,4)5)55-45(49)37-34-31-28-25-22-19-16-15-17-20-23-26-29-32-35-42(47)7-2/h16-17,19-20,25-26,28-29,32,35,42-43,47H,6-15,18,21-24,27,30-31,33-34,36-41H2,1-5H3/p+1/b19-16-,20-17-,28-25-,29-26-,35-32+/t42-,43-/m1/s1. The highest BCUT2D eigenvalue weighted by Gasteiger charge is 2.27. The van der Waals surface area contributed by atoms with E-state index in [9.17, 15) is 24.2 Å². The Kier molecular flexibility index (Phi) is 35.4. The zero-order chi connectivity index (χ0) is 41.6. The summed E-state index contributed by atoms with van der Waals surface area (Å²) in [5, 5.41) is 9.48. The first-order valence-corrected chi connectivity index (χ1v) is 23.1. The Morgan fingerprint density at radius 3 is 1.71 bits per heavy atom. The molecule has 56 heavy (non-hydrogen) atoms. The van der Waals surface area contributed by atoms with Crippen molar-refractivity contribution in [3.63, 3.8) is 0 Å². The van der Waals surface area contributed by atoms with E-state index in [0.717, 1.165) is 38.5 Å². The third kappa shape index (κ3) is 39.9. The second kappa shape index (κ2) is 37.0. The first-order chi connectivity index (χ1) is 26.9. The van der Waals surface area contributed by atoms with Crippen molar-refractivity contribution in [2.45, 2.75) is 167 Å². The summed E-state index contributed by atoms with van der Waals surface area (Å²) >= 11 is 0. The number of aliphatic hydroxyl groups excluding tert-OH is 1. The van der Waals surface area contributed by atoms with Gasteiger partial charge in [-0.3, -0.25) is 18.6 Å². The number of hydrogen-bond donors (Lipinski definition) is 2. The Bertz CT molecular complexity index is 1160. The van der Waals surface area contributed by atoms with Gasteiger partial charge in [-0.1, -0.05) is 158 Å². The molecule has 2 N–H and O–H groups in total. The topological polar surface area (TPSA) is 129 Å². The summed E-state index contributed by atoms with van der Waals surface area (Å²) in [4.78, 5) is 35.3. The Labute approximate surface area is 341 Å². The number of carbonyl (C=O) groups excluding carboxylic acids is 2. The van der Waals surface area contributed by atoms with E-state index in [2.05, 4.69) is 37.3 Å². The molecule has 1 unspecified atom stereocenters. The number of unbranched alkanes of at least 4 members (excludes halogenated alkanes) is 14. The zero-order valence-electron chi connectivity index (χ0n) is 36.0. The quantitative estimate of drug-likeness (QED) is 0.0156. The highest BCUT2D eigenvalue weighted by molar-refractivity contribution is 7.47. The number of phosphoric ester groups is 1. The predicted octanol–water partition coefficient (Wildman–Crippen LogP) is 11.0. The molecule has 0 aliphatic rings. The van der Waals surface area contributed by atoms with Crippen LogP contribution < -0.4 is 0 Å². The largest absolute Gasteiger partial charge is 0.472 e. The van der Waals surface area contributed by atoms with Crippen LogP contribution in [-0.4, -0.2) is 86.1 Å². The summed E-state index contributed by atoms with van der Waals surface area (Å²) in [6, 6.07) is 0. The average Bonchev–Trinajstić information content (AvgIpc) is 3.15. The van der Waals surface area contributed by atoms with Crippen molar-refractivity contribution in [3.05, 3.63) is 60.8 Å². The van der Waals surface area contributed by atoms with Gasteiger partial charge in [0.1, 0.15) is 19.8 Å². The van der Waals surface area contributed by atoms with Crippen LogP contribution in [0.4, 0.5) is 0 Å². The number of rotatable bonds is 38. The summed E-state index contributed by atoms with van der Waals surface area (Å²) in [5.41, 5.74) is 0. The van der Waals surface area contributed by atoms with E-state index in [4.69, 9.17) is 18.5 Å². The van der Waals surface area contributed by atoms with Crippen molar-refractivity contribution in [3.8, 4) is 0 Å². The van der Waals surface area contributed by atoms with Crippen molar-refractivity contribution in [2.75, 3.05) is 47.5 Å². The lowest BCUT2D eigenvalue weighted by Crippen LogP contribution is -2.37. The maximum Gasteiger partial charge on any atom is 0.472 e. The molecule has 0 heterocycles. The van der Waals surface area contributed by atoms with Crippen LogP contribution in [0.1, 0.15) is 155 Å². The van der Waals surface area contributed by atoms with Gasteiger partial charge in [-0.25, -0.2) is 4.57 Å². The first kappa shape index (κ1) is 53.7. The second-order valence-electron chi connectivity index (χ2n) is 15.6. The lowest BCUT2D eigenvalue weighted by atomic mass is 10.0. The minimum Gasteiger partial charge on any atom is -0.462 e. The minimum atomic E-state index is -4.40. The normalized spacial score (nSPS) is 14.8. The highest BCUT2D eigenvalue weighted by atomic mass is 31.2. The van der Waals surface area contributed by atoms with Crippen LogP contribution >= 0.6 is 7.82 Å². The molecule has 3 atom stereocenters. The van der Waals surface area contributed by atoms with Crippen LogP contribution in [-0.2, 0) is 32.7 Å². The van der Waals surface area contributed by atoms with E-state index >= 15 is 0 Å². The fraction of sp³-hybridized carbons (Fsp3) is 0.733. The second-order valence-corrected chi connectivity index (χ2v) is 17.0. The molecule has 0 radical (unpaired) electrons. The average molecular weight is 811 g/mol. The lowest BCUT2D eigenvalue weighted by molar-refractivity contribution is -0.870. The van der Waals surface area contributed by atoms with Crippen molar-refractivity contribution in [1.82, 2.24) is 0 Å². The molecule has 0 saturated carbocycles. The third-order valence-corrected chi connectivity index (χ3v) is 9.95. The summed E-state index contributed by atoms with van der Waals surface area (Å²) in [5.74, 6) is -0.887. The fourth-order valence-corrected chi connectivity index (χ4v) is 6.15. The number of quaternary nitrogens is 1. The maximum atomic E-state index is 12.7. The Hall–Kier alpha value is -2.33. The van der Waals surface area contributed by atoms with E-state index in [-0.39, 0.29) is 32.2 Å². The van der Waals surface area contributed by atoms with Crippen LogP contribution in [0.2, 0.25) is 0 Å². The summed E-state index contributed by atoms with van der Waals surface area (Å²) < 4.78 is 34.2. The molecule has 10 nitrogen and oxygen atoms in total. The van der Waals surface area contributed by atoms with Gasteiger partial charge in [-0.05, 0) is 44.9 Å². The van der Waals surface area contributed by atoms with Crippen molar-refractivity contribution in [1.29, 1.82) is 0 Å². The number of aliphatic hydroxyl groups is 1. The molecule has 324 valence electrons. The Morgan fingerprint density at radius 2 is 1.16 bits per heavy atom. The number of likely N-dealkylation sites (N-methyl/N-ethyl adjacent to an activating group) is 1. The van der Waals surface area contributed by atoms with Gasteiger partial charge in [0.25, 0.3) is 0 Å². The van der Waals surface area contributed by atoms with Gasteiger partial charge < -0.3 is 24.0 Å². The maximum absolute atomic E-state index is 12.7. The molecule has 0 saturated heterocycles. The van der Waals surface area contributed by atoms with Crippen molar-refractivity contribution in [2.24, 2.45) is 0 Å². The molecule has 0 fully saturated rings. The minimum absolute atomic E-state index is 0.0130. The van der Waals surface area contributed by atoms with Crippen LogP contribution in [0.3, 0.4) is 0 Å². The number of esters is 2. The molecule has 0 aromatic carbocycles. The van der Waals surface area contributed by atoms with E-state index in [0.29, 0.717) is 30.3 Å². The smallest absolute Gasteiger partial charge is 0.462 e. The molecule has 0 aliphatic carbocycles. The zero-order valence-corrected chi connectivity index (χ0v) is 36.9. The lowest BCUT2D eigenvalue weighted by Gasteiger charge is -2.24. The van der Waals surface area contributed by atoms with Crippen LogP contribution in [0, 0.1) is 0 Å². The van der Waals surface area contributed by atoms with Gasteiger partial charge in [0, 0.05) is 12.8 Å². The molecule has 0 aliphatic heterocycles. The van der Waals surface area contributed by atoms with Crippen molar-refractivity contribution >= 4 is 19.8 Å². The summed E-state index contributed by atoms with van der Waals surface area (Å²) in [7, 11) is 1.41. The molecule has 11 heteroatoms. The number of phosphoric acid groups is 1. The van der Waals surface area contributed by atoms with Gasteiger partial charge in [0.2, 0.25) is 0 Å². The molecule has 0 spiro atoms. The van der Waals surface area contributed by atoms with Crippen LogP contribution in [0.25, 0.3) is 0 Å². The number of nitrogens with zero attached hydrogens (tertiary/aromatic N) is 1. The molecule has 0 rings (SSSR count). The molecular formula is C45H81NO9P+. The molecule has 0 aromatic heterocycles. The molecule has 0 bridgehead atoms. The summed E-state index contributed by atoms with van der Waals surface area (Å²) in [6.07, 6.45) is 40.8. The van der Waals surface area contributed by atoms with E-state index in [1.807, 2.05) is 52.4 Å².